The lowest BCUT2D eigenvalue weighted by atomic mass is 9.98. The Hall–Kier alpha value is -4.66. The zero-order chi connectivity index (χ0) is 21.4. The van der Waals surface area contributed by atoms with Gasteiger partial charge in [-0.05, 0) is 49.2 Å². The van der Waals surface area contributed by atoms with Gasteiger partial charge in [-0.25, -0.2) is 4.98 Å². The van der Waals surface area contributed by atoms with Crippen LogP contribution in [0, 0.1) is 34.0 Å². The molecule has 0 radical (unpaired) electrons. The van der Waals surface area contributed by atoms with E-state index in [1.165, 1.54) is 6.07 Å². The second kappa shape index (κ2) is 7.30. The van der Waals surface area contributed by atoms with E-state index >= 15 is 0 Å². The van der Waals surface area contributed by atoms with Crippen molar-refractivity contribution in [2.75, 3.05) is 0 Å². The largest absolute Gasteiger partial charge is 0.312 e. The number of nitrogens with zero attached hydrogens (tertiary/aromatic N) is 5. The average molecular weight is 397 g/mol. The van der Waals surface area contributed by atoms with Gasteiger partial charge in [0.1, 0.15) is 11.8 Å². The van der Waals surface area contributed by atoms with Crippen molar-refractivity contribution >= 4 is 33.1 Å². The maximum absolute atomic E-state index is 9.41. The predicted molar refractivity (Wildman–Crippen MR) is 119 cm³/mol. The number of rotatable bonds is 2. The third-order valence-corrected chi connectivity index (χ3v) is 5.56. The zero-order valence-electron chi connectivity index (χ0n) is 16.5. The molecule has 1 aliphatic rings. The molecule has 0 fully saturated rings. The van der Waals surface area contributed by atoms with Crippen LogP contribution in [0.25, 0.3) is 33.1 Å². The Labute approximate surface area is 179 Å². The molecule has 0 N–H and O–H groups in total. The van der Waals surface area contributed by atoms with Gasteiger partial charge in [-0.2, -0.15) is 15.8 Å². The molecule has 5 nitrogen and oxygen atoms in total. The van der Waals surface area contributed by atoms with Crippen molar-refractivity contribution in [3.05, 3.63) is 89.3 Å². The van der Waals surface area contributed by atoms with Crippen molar-refractivity contribution in [3.8, 4) is 18.2 Å². The van der Waals surface area contributed by atoms with Crippen LogP contribution in [-0.2, 0) is 0 Å². The number of hydrogen-bond donors (Lipinski definition) is 0. The van der Waals surface area contributed by atoms with E-state index in [1.807, 2.05) is 36.4 Å². The molecule has 0 unspecified atom stereocenters. The molecule has 2 aromatic heterocycles. The van der Waals surface area contributed by atoms with E-state index in [4.69, 9.17) is 0 Å². The minimum absolute atomic E-state index is 0.223. The van der Waals surface area contributed by atoms with Gasteiger partial charge in [0.2, 0.25) is 0 Å². The molecule has 0 saturated heterocycles. The lowest BCUT2D eigenvalue weighted by molar-refractivity contribution is 0.980. The number of nitriles is 3. The number of aromatic nitrogens is 2. The number of para-hydroxylation sites is 1. The highest BCUT2D eigenvalue weighted by atomic mass is 15.0. The molecule has 0 bridgehead atoms. The summed E-state index contributed by atoms with van der Waals surface area (Å²) in [5.74, 6) is 0. The third-order valence-electron chi connectivity index (χ3n) is 5.56. The van der Waals surface area contributed by atoms with Crippen LogP contribution in [0.4, 0.5) is 0 Å². The van der Waals surface area contributed by atoms with Gasteiger partial charge in [0.25, 0.3) is 0 Å². The van der Waals surface area contributed by atoms with Gasteiger partial charge >= 0.3 is 0 Å². The number of fused-ring (bicyclic) bond motifs is 3. The molecule has 2 aromatic carbocycles. The summed E-state index contributed by atoms with van der Waals surface area (Å²) in [6.07, 6.45) is 5.78. The third kappa shape index (κ3) is 2.96. The maximum atomic E-state index is 9.41. The molecule has 5 heteroatoms. The second-order valence-electron chi connectivity index (χ2n) is 7.35. The van der Waals surface area contributed by atoms with Gasteiger partial charge in [-0.15, -0.1) is 0 Å². The number of pyridine rings is 1. The van der Waals surface area contributed by atoms with Crippen LogP contribution in [0.5, 0.6) is 0 Å². The molecule has 0 saturated carbocycles. The lowest BCUT2D eigenvalue weighted by Gasteiger charge is -2.19. The molecule has 144 valence electrons. The van der Waals surface area contributed by atoms with Crippen molar-refractivity contribution in [1.29, 1.82) is 15.8 Å². The molecular weight excluding hydrogens is 382 g/mol. The smallest absolute Gasteiger partial charge is 0.142 e. The highest BCUT2D eigenvalue weighted by Crippen LogP contribution is 2.38. The minimum atomic E-state index is 0.223. The highest BCUT2D eigenvalue weighted by Gasteiger charge is 2.20. The highest BCUT2D eigenvalue weighted by molar-refractivity contribution is 6.12. The monoisotopic (exact) mass is 397 g/mol. The fraction of sp³-hybridized carbons (Fsp3) is 0.0769. The van der Waals surface area contributed by atoms with Crippen LogP contribution in [0.3, 0.4) is 0 Å². The molecule has 0 atom stereocenters. The fourth-order valence-electron chi connectivity index (χ4n) is 4.24. The first-order valence-corrected chi connectivity index (χ1v) is 9.89. The van der Waals surface area contributed by atoms with Crippen LogP contribution in [0.2, 0.25) is 0 Å². The molecule has 0 amide bonds. The van der Waals surface area contributed by atoms with Gasteiger partial charge in [0.15, 0.2) is 0 Å². The van der Waals surface area contributed by atoms with Crippen LogP contribution in [0.1, 0.15) is 35.4 Å². The van der Waals surface area contributed by atoms with Crippen molar-refractivity contribution in [2.24, 2.45) is 0 Å². The first-order chi connectivity index (χ1) is 15.2. The van der Waals surface area contributed by atoms with Gasteiger partial charge in [0, 0.05) is 22.0 Å². The Morgan fingerprint density at radius 2 is 1.61 bits per heavy atom. The molecule has 4 aromatic rings. The van der Waals surface area contributed by atoms with E-state index in [0.29, 0.717) is 16.8 Å². The lowest BCUT2D eigenvalue weighted by Crippen LogP contribution is -2.05. The van der Waals surface area contributed by atoms with E-state index in [2.05, 4.69) is 46.0 Å². The van der Waals surface area contributed by atoms with Gasteiger partial charge in [0.05, 0.1) is 40.0 Å². The van der Waals surface area contributed by atoms with Gasteiger partial charge in [-0.1, -0.05) is 30.4 Å². The summed E-state index contributed by atoms with van der Waals surface area (Å²) in [5, 5.41) is 30.3. The SMILES string of the molecule is N#Cc1cc(C#N)nc(C2=C(n3c4ccccc4c4cc(C#N)ccc43)CCC=C2)c1. The van der Waals surface area contributed by atoms with Gasteiger partial charge < -0.3 is 4.57 Å². The molecule has 2 heterocycles. The van der Waals surface area contributed by atoms with E-state index < -0.39 is 0 Å². The molecule has 31 heavy (non-hydrogen) atoms. The van der Waals surface area contributed by atoms with Crippen molar-refractivity contribution < 1.29 is 0 Å². The first kappa shape index (κ1) is 18.4. The Bertz CT molecular complexity index is 1530. The second-order valence-corrected chi connectivity index (χ2v) is 7.35. The number of hydrogen-bond acceptors (Lipinski definition) is 4. The molecule has 1 aliphatic carbocycles. The van der Waals surface area contributed by atoms with E-state index in [9.17, 15) is 15.8 Å². The van der Waals surface area contributed by atoms with Crippen LogP contribution in [0.15, 0.2) is 66.7 Å². The van der Waals surface area contributed by atoms with E-state index in [-0.39, 0.29) is 5.69 Å². The van der Waals surface area contributed by atoms with Crippen molar-refractivity contribution in [1.82, 2.24) is 9.55 Å². The number of benzene rings is 2. The molecule has 0 aliphatic heterocycles. The summed E-state index contributed by atoms with van der Waals surface area (Å²) in [4.78, 5) is 4.49. The zero-order valence-corrected chi connectivity index (χ0v) is 16.5. The van der Waals surface area contributed by atoms with Crippen LogP contribution >= 0.6 is 0 Å². The van der Waals surface area contributed by atoms with Gasteiger partial charge in [-0.3, -0.25) is 0 Å². The first-order valence-electron chi connectivity index (χ1n) is 9.89. The Kier molecular flexibility index (Phi) is 4.33. The molecule has 0 spiro atoms. The van der Waals surface area contributed by atoms with Crippen LogP contribution in [-0.4, -0.2) is 9.55 Å². The summed E-state index contributed by atoms with van der Waals surface area (Å²) in [5.41, 5.74) is 5.88. The van der Waals surface area contributed by atoms with E-state index in [0.717, 1.165) is 45.9 Å². The normalized spacial score (nSPS) is 13.2. The molecular formula is C26H15N5. The Morgan fingerprint density at radius 3 is 2.42 bits per heavy atom. The molecule has 5 rings (SSSR count). The van der Waals surface area contributed by atoms with Crippen LogP contribution < -0.4 is 0 Å². The predicted octanol–water partition coefficient (Wildman–Crippen LogP) is 5.52. The summed E-state index contributed by atoms with van der Waals surface area (Å²) < 4.78 is 2.22. The average Bonchev–Trinajstić information content (AvgIpc) is 3.17. The van der Waals surface area contributed by atoms with E-state index in [1.54, 1.807) is 6.07 Å². The maximum Gasteiger partial charge on any atom is 0.142 e. The number of allylic oxidation sites excluding steroid dienone is 4. The Morgan fingerprint density at radius 1 is 0.806 bits per heavy atom. The summed E-state index contributed by atoms with van der Waals surface area (Å²) >= 11 is 0. The quantitative estimate of drug-likeness (QED) is 0.445. The Balaban J connectivity index is 1.88. The minimum Gasteiger partial charge on any atom is -0.312 e. The summed E-state index contributed by atoms with van der Waals surface area (Å²) in [6.45, 7) is 0. The fourth-order valence-corrected chi connectivity index (χ4v) is 4.24. The standard InChI is InChI=1S/C26H15N5/c27-14-17-9-10-26-22(12-17)20-5-1-3-7-24(20)31(26)25-8-4-2-6-21(25)23-13-18(15-28)11-19(16-29)30-23/h1-3,5-7,9-13H,4,8H2. The van der Waals surface area contributed by atoms with Crippen molar-refractivity contribution in [3.63, 3.8) is 0 Å². The van der Waals surface area contributed by atoms with Crippen molar-refractivity contribution in [2.45, 2.75) is 12.8 Å². The topological polar surface area (TPSA) is 89.2 Å². The summed E-state index contributed by atoms with van der Waals surface area (Å²) in [6, 6.07) is 23.5. The summed E-state index contributed by atoms with van der Waals surface area (Å²) in [7, 11) is 0.